The molecule has 0 aliphatic rings. The summed E-state index contributed by atoms with van der Waals surface area (Å²) in [5.74, 6) is 0. The van der Waals surface area contributed by atoms with Crippen LogP contribution < -0.4 is 5.32 Å². The molecule has 0 aliphatic heterocycles. The predicted molar refractivity (Wildman–Crippen MR) is 59.7 cm³/mol. The largest absolute Gasteiger partial charge is 0.380 e. The van der Waals surface area contributed by atoms with Crippen molar-refractivity contribution in [3.05, 3.63) is 0 Å². The van der Waals surface area contributed by atoms with Gasteiger partial charge >= 0.3 is 0 Å². The molecule has 0 heterocycles. The molecule has 0 unspecified atom stereocenters. The van der Waals surface area contributed by atoms with Crippen LogP contribution in [0.15, 0.2) is 0 Å². The van der Waals surface area contributed by atoms with Gasteiger partial charge in [-0.3, -0.25) is 0 Å². The van der Waals surface area contributed by atoms with E-state index in [0.717, 1.165) is 32.7 Å². The van der Waals surface area contributed by atoms with E-state index in [9.17, 15) is 0 Å². The topological polar surface area (TPSA) is 30.5 Å². The van der Waals surface area contributed by atoms with Gasteiger partial charge in [-0.2, -0.15) is 0 Å². The van der Waals surface area contributed by atoms with E-state index in [-0.39, 0.29) is 5.60 Å². The van der Waals surface area contributed by atoms with Crippen molar-refractivity contribution in [2.75, 3.05) is 33.4 Å². The zero-order chi connectivity index (χ0) is 10.9. The number of rotatable bonds is 9. The second-order valence-electron chi connectivity index (χ2n) is 4.11. The number of hydrogen-bond donors (Lipinski definition) is 1. The van der Waals surface area contributed by atoms with Gasteiger partial charge < -0.3 is 14.8 Å². The summed E-state index contributed by atoms with van der Waals surface area (Å²) in [6, 6.07) is 0. The van der Waals surface area contributed by atoms with Crippen LogP contribution in [0.25, 0.3) is 0 Å². The second kappa shape index (κ2) is 8.21. The molecule has 0 spiro atoms. The first kappa shape index (κ1) is 13.9. The average Bonchev–Trinajstić information content (AvgIpc) is 2.16. The minimum absolute atomic E-state index is 0.0799. The van der Waals surface area contributed by atoms with E-state index < -0.39 is 0 Å². The number of hydrogen-bond acceptors (Lipinski definition) is 3. The Kier molecular flexibility index (Phi) is 8.14. The maximum absolute atomic E-state index is 5.42. The van der Waals surface area contributed by atoms with Crippen LogP contribution >= 0.6 is 0 Å². The van der Waals surface area contributed by atoms with Gasteiger partial charge in [0, 0.05) is 26.8 Å². The van der Waals surface area contributed by atoms with Gasteiger partial charge in [0.25, 0.3) is 0 Å². The summed E-state index contributed by atoms with van der Waals surface area (Å²) < 4.78 is 10.7. The Labute approximate surface area is 88.2 Å². The SMILES string of the molecule is CCCCOCCNCC(C)(C)OC. The standard InChI is InChI=1S/C11H25NO2/c1-5-6-8-14-9-7-12-10-11(2,3)13-4/h12H,5-10H2,1-4H3. The molecule has 0 rings (SSSR count). The molecule has 0 aromatic carbocycles. The van der Waals surface area contributed by atoms with Crippen molar-refractivity contribution in [2.24, 2.45) is 0 Å². The summed E-state index contributed by atoms with van der Waals surface area (Å²) in [7, 11) is 1.74. The third kappa shape index (κ3) is 8.48. The van der Waals surface area contributed by atoms with E-state index in [1.807, 2.05) is 0 Å². The highest BCUT2D eigenvalue weighted by Crippen LogP contribution is 2.03. The first-order valence-corrected chi connectivity index (χ1v) is 5.46. The van der Waals surface area contributed by atoms with E-state index in [1.165, 1.54) is 6.42 Å². The highest BCUT2D eigenvalue weighted by Gasteiger charge is 2.14. The van der Waals surface area contributed by atoms with Gasteiger partial charge in [0.1, 0.15) is 0 Å². The molecule has 3 nitrogen and oxygen atoms in total. The smallest absolute Gasteiger partial charge is 0.0746 e. The molecule has 0 saturated heterocycles. The summed E-state index contributed by atoms with van der Waals surface area (Å²) in [5, 5.41) is 3.30. The Balaban J connectivity index is 3.13. The third-order valence-electron chi connectivity index (χ3n) is 2.17. The Bertz CT molecular complexity index is 126. The third-order valence-corrected chi connectivity index (χ3v) is 2.17. The van der Waals surface area contributed by atoms with Gasteiger partial charge in [0.05, 0.1) is 12.2 Å². The first-order valence-electron chi connectivity index (χ1n) is 5.46. The molecule has 3 heteroatoms. The molecule has 0 radical (unpaired) electrons. The van der Waals surface area contributed by atoms with Crippen LogP contribution in [0.5, 0.6) is 0 Å². The summed E-state index contributed by atoms with van der Waals surface area (Å²) >= 11 is 0. The predicted octanol–water partition coefficient (Wildman–Crippen LogP) is 1.82. The van der Waals surface area contributed by atoms with Crippen LogP contribution in [0.4, 0.5) is 0 Å². The van der Waals surface area contributed by atoms with Crippen LogP contribution in [0, 0.1) is 0 Å². The molecule has 0 fully saturated rings. The van der Waals surface area contributed by atoms with Crippen LogP contribution in [0.3, 0.4) is 0 Å². The van der Waals surface area contributed by atoms with Gasteiger partial charge in [0.2, 0.25) is 0 Å². The van der Waals surface area contributed by atoms with E-state index in [1.54, 1.807) is 7.11 Å². The molecule has 0 aromatic rings. The summed E-state index contributed by atoms with van der Waals surface area (Å²) in [5.41, 5.74) is -0.0799. The molecule has 0 saturated carbocycles. The molecule has 0 amide bonds. The van der Waals surface area contributed by atoms with E-state index >= 15 is 0 Å². The van der Waals surface area contributed by atoms with Gasteiger partial charge in [-0.1, -0.05) is 13.3 Å². The number of unbranched alkanes of at least 4 members (excludes halogenated alkanes) is 1. The zero-order valence-corrected chi connectivity index (χ0v) is 10.1. The highest BCUT2D eigenvalue weighted by molar-refractivity contribution is 4.70. The van der Waals surface area contributed by atoms with Crippen molar-refractivity contribution in [3.8, 4) is 0 Å². The summed E-state index contributed by atoms with van der Waals surface area (Å²) in [6.45, 7) is 9.74. The van der Waals surface area contributed by atoms with Crippen molar-refractivity contribution >= 4 is 0 Å². The van der Waals surface area contributed by atoms with Gasteiger partial charge in [-0.15, -0.1) is 0 Å². The minimum atomic E-state index is -0.0799. The van der Waals surface area contributed by atoms with Crippen LogP contribution in [0.2, 0.25) is 0 Å². The monoisotopic (exact) mass is 203 g/mol. The maximum atomic E-state index is 5.42. The van der Waals surface area contributed by atoms with Crippen LogP contribution in [-0.2, 0) is 9.47 Å². The minimum Gasteiger partial charge on any atom is -0.380 e. The molecule has 0 aliphatic carbocycles. The molecular formula is C11H25NO2. The fourth-order valence-electron chi connectivity index (χ4n) is 0.954. The lowest BCUT2D eigenvalue weighted by molar-refractivity contribution is 0.0215. The lowest BCUT2D eigenvalue weighted by atomic mass is 10.1. The molecule has 1 N–H and O–H groups in total. The Morgan fingerprint density at radius 2 is 1.93 bits per heavy atom. The summed E-state index contributed by atoms with van der Waals surface area (Å²) in [6.07, 6.45) is 2.35. The van der Waals surface area contributed by atoms with E-state index in [4.69, 9.17) is 9.47 Å². The molecule has 86 valence electrons. The van der Waals surface area contributed by atoms with Gasteiger partial charge in [0.15, 0.2) is 0 Å². The number of ether oxygens (including phenoxy) is 2. The Morgan fingerprint density at radius 3 is 2.50 bits per heavy atom. The van der Waals surface area contributed by atoms with Crippen LogP contribution in [-0.4, -0.2) is 39.0 Å². The highest BCUT2D eigenvalue weighted by atomic mass is 16.5. The van der Waals surface area contributed by atoms with E-state index in [0.29, 0.717) is 0 Å². The van der Waals surface area contributed by atoms with Crippen molar-refractivity contribution in [1.29, 1.82) is 0 Å². The average molecular weight is 203 g/mol. The Morgan fingerprint density at radius 1 is 1.21 bits per heavy atom. The number of methoxy groups -OCH3 is 1. The zero-order valence-electron chi connectivity index (χ0n) is 10.1. The molecule has 0 bridgehead atoms. The molecular weight excluding hydrogens is 178 g/mol. The summed E-state index contributed by atoms with van der Waals surface area (Å²) in [4.78, 5) is 0. The fourth-order valence-corrected chi connectivity index (χ4v) is 0.954. The quantitative estimate of drug-likeness (QED) is 0.580. The Hall–Kier alpha value is -0.120. The normalized spacial score (nSPS) is 12.0. The number of nitrogens with one attached hydrogen (secondary N) is 1. The fraction of sp³-hybridized carbons (Fsp3) is 1.00. The van der Waals surface area contributed by atoms with Gasteiger partial charge in [-0.05, 0) is 20.3 Å². The van der Waals surface area contributed by atoms with Crippen molar-refractivity contribution < 1.29 is 9.47 Å². The molecule has 0 aromatic heterocycles. The molecule has 0 atom stereocenters. The van der Waals surface area contributed by atoms with Crippen molar-refractivity contribution in [2.45, 2.75) is 39.2 Å². The lowest BCUT2D eigenvalue weighted by Gasteiger charge is -2.23. The van der Waals surface area contributed by atoms with Gasteiger partial charge in [-0.25, -0.2) is 0 Å². The van der Waals surface area contributed by atoms with Crippen molar-refractivity contribution in [3.63, 3.8) is 0 Å². The first-order chi connectivity index (χ1) is 6.62. The maximum Gasteiger partial charge on any atom is 0.0746 e. The lowest BCUT2D eigenvalue weighted by Crippen LogP contribution is -2.38. The second-order valence-corrected chi connectivity index (χ2v) is 4.11. The molecule has 14 heavy (non-hydrogen) atoms. The van der Waals surface area contributed by atoms with E-state index in [2.05, 4.69) is 26.1 Å². The van der Waals surface area contributed by atoms with Crippen molar-refractivity contribution in [1.82, 2.24) is 5.32 Å². The van der Waals surface area contributed by atoms with Crippen LogP contribution in [0.1, 0.15) is 33.6 Å².